The maximum Gasteiger partial charge on any atom is 0.335 e. The number of amides is 3. The van der Waals surface area contributed by atoms with Crippen molar-refractivity contribution in [2.45, 2.75) is 6.92 Å². The molecule has 1 heterocycles. The van der Waals surface area contributed by atoms with E-state index in [9.17, 15) is 14.4 Å². The third-order valence-electron chi connectivity index (χ3n) is 3.40. The van der Waals surface area contributed by atoms with E-state index in [0.717, 1.165) is 0 Å². The molecule has 1 saturated heterocycles. The highest BCUT2D eigenvalue weighted by atomic mass is 16.4. The smallest absolute Gasteiger partial charge is 0.335 e. The lowest BCUT2D eigenvalue weighted by Gasteiger charge is -2.34. The Hall–Kier alpha value is -2.57. The summed E-state index contributed by atoms with van der Waals surface area (Å²) in [5.74, 6) is -0.993. The number of nitrogens with zero attached hydrogens (tertiary/aromatic N) is 2. The highest BCUT2D eigenvalue weighted by Crippen LogP contribution is 2.11. The molecule has 7 nitrogen and oxygen atoms in total. The van der Waals surface area contributed by atoms with Crippen LogP contribution in [0, 0.1) is 0 Å². The Balaban J connectivity index is 1.90. The molecule has 0 bridgehead atoms. The first-order chi connectivity index (χ1) is 9.97. The van der Waals surface area contributed by atoms with Crippen LogP contribution < -0.4 is 5.32 Å². The van der Waals surface area contributed by atoms with E-state index in [0.29, 0.717) is 31.9 Å². The Bertz CT molecular complexity index is 548. The number of benzene rings is 1. The third-order valence-corrected chi connectivity index (χ3v) is 3.40. The molecule has 0 spiro atoms. The minimum Gasteiger partial charge on any atom is -0.478 e. The number of urea groups is 1. The molecule has 2 rings (SSSR count). The van der Waals surface area contributed by atoms with Crippen LogP contribution in [-0.2, 0) is 4.79 Å². The van der Waals surface area contributed by atoms with Gasteiger partial charge in [0.2, 0.25) is 5.91 Å². The maximum atomic E-state index is 12.1. The van der Waals surface area contributed by atoms with E-state index in [1.165, 1.54) is 19.1 Å². The van der Waals surface area contributed by atoms with E-state index >= 15 is 0 Å². The normalized spacial score (nSPS) is 14.7. The summed E-state index contributed by atoms with van der Waals surface area (Å²) in [6.45, 7) is 3.54. The number of nitrogens with one attached hydrogen (secondary N) is 1. The van der Waals surface area contributed by atoms with Crippen molar-refractivity contribution in [3.8, 4) is 0 Å². The Kier molecular flexibility index (Phi) is 4.42. The molecule has 7 heteroatoms. The molecule has 1 aliphatic rings. The largest absolute Gasteiger partial charge is 0.478 e. The molecule has 0 saturated carbocycles. The van der Waals surface area contributed by atoms with E-state index in [1.807, 2.05) is 0 Å². The van der Waals surface area contributed by atoms with Crippen LogP contribution in [0.4, 0.5) is 10.5 Å². The van der Waals surface area contributed by atoms with Gasteiger partial charge in [-0.1, -0.05) is 0 Å². The van der Waals surface area contributed by atoms with Crippen LogP contribution in [0.25, 0.3) is 0 Å². The molecule has 1 aliphatic heterocycles. The quantitative estimate of drug-likeness (QED) is 0.853. The maximum absolute atomic E-state index is 12.1. The molecule has 21 heavy (non-hydrogen) atoms. The van der Waals surface area contributed by atoms with Crippen LogP contribution in [0.5, 0.6) is 0 Å². The lowest BCUT2D eigenvalue weighted by molar-refractivity contribution is -0.130. The molecule has 0 atom stereocenters. The minimum atomic E-state index is -1.01. The van der Waals surface area contributed by atoms with Gasteiger partial charge in [0.05, 0.1) is 5.56 Å². The molecule has 1 aromatic carbocycles. The van der Waals surface area contributed by atoms with Crippen molar-refractivity contribution < 1.29 is 19.5 Å². The predicted molar refractivity (Wildman–Crippen MR) is 76.2 cm³/mol. The summed E-state index contributed by atoms with van der Waals surface area (Å²) in [5.41, 5.74) is 0.710. The second kappa shape index (κ2) is 6.25. The Morgan fingerprint density at radius 2 is 1.52 bits per heavy atom. The van der Waals surface area contributed by atoms with Gasteiger partial charge in [-0.25, -0.2) is 9.59 Å². The van der Waals surface area contributed by atoms with Gasteiger partial charge in [0.1, 0.15) is 0 Å². The standard InChI is InChI=1S/C14H17N3O4/c1-10(18)16-6-8-17(9-7-16)14(21)15-12-4-2-11(3-5-12)13(19)20/h2-5H,6-9H2,1H3,(H,15,21)(H,19,20). The van der Waals surface area contributed by atoms with Gasteiger partial charge in [-0.3, -0.25) is 4.79 Å². The second-order valence-electron chi connectivity index (χ2n) is 4.81. The third kappa shape index (κ3) is 3.71. The number of carbonyl (C=O) groups excluding carboxylic acids is 2. The van der Waals surface area contributed by atoms with E-state index in [2.05, 4.69) is 5.32 Å². The number of carbonyl (C=O) groups is 3. The Morgan fingerprint density at radius 3 is 2.00 bits per heavy atom. The fourth-order valence-corrected chi connectivity index (χ4v) is 2.12. The average molecular weight is 291 g/mol. The molecule has 0 unspecified atom stereocenters. The van der Waals surface area contributed by atoms with Crippen LogP contribution in [0.3, 0.4) is 0 Å². The highest BCUT2D eigenvalue weighted by Gasteiger charge is 2.22. The summed E-state index contributed by atoms with van der Waals surface area (Å²) >= 11 is 0. The van der Waals surface area contributed by atoms with Crippen LogP contribution in [0.2, 0.25) is 0 Å². The number of hydrogen-bond acceptors (Lipinski definition) is 3. The number of piperazine rings is 1. The molecule has 0 aromatic heterocycles. The Morgan fingerprint density at radius 1 is 1.00 bits per heavy atom. The fraction of sp³-hybridized carbons (Fsp3) is 0.357. The number of aromatic carboxylic acids is 1. The van der Waals surface area contributed by atoms with Gasteiger partial charge in [-0.05, 0) is 24.3 Å². The summed E-state index contributed by atoms with van der Waals surface area (Å²) < 4.78 is 0. The molecule has 112 valence electrons. The zero-order chi connectivity index (χ0) is 15.4. The van der Waals surface area contributed by atoms with Crippen molar-refractivity contribution in [3.63, 3.8) is 0 Å². The van der Waals surface area contributed by atoms with Gasteiger partial charge < -0.3 is 20.2 Å². The zero-order valence-electron chi connectivity index (χ0n) is 11.7. The van der Waals surface area contributed by atoms with Gasteiger partial charge in [0, 0.05) is 38.8 Å². The molecule has 3 amide bonds. The Labute approximate surface area is 122 Å². The summed E-state index contributed by atoms with van der Waals surface area (Å²) in [6.07, 6.45) is 0. The summed E-state index contributed by atoms with van der Waals surface area (Å²) in [7, 11) is 0. The number of hydrogen-bond donors (Lipinski definition) is 2. The lowest BCUT2D eigenvalue weighted by Crippen LogP contribution is -2.51. The first-order valence-corrected chi connectivity index (χ1v) is 6.62. The van der Waals surface area contributed by atoms with Crippen molar-refractivity contribution in [3.05, 3.63) is 29.8 Å². The molecule has 1 aromatic rings. The number of anilines is 1. The topological polar surface area (TPSA) is 90.0 Å². The van der Waals surface area contributed by atoms with Crippen LogP contribution in [0.15, 0.2) is 24.3 Å². The predicted octanol–water partition coefficient (Wildman–Crippen LogP) is 1.08. The summed E-state index contributed by atoms with van der Waals surface area (Å²) in [4.78, 5) is 37.3. The van der Waals surface area contributed by atoms with Gasteiger partial charge in [0.15, 0.2) is 0 Å². The van der Waals surface area contributed by atoms with E-state index in [-0.39, 0.29) is 17.5 Å². The second-order valence-corrected chi connectivity index (χ2v) is 4.81. The molecule has 2 N–H and O–H groups in total. The number of carboxylic acids is 1. The number of rotatable bonds is 2. The molecule has 1 fully saturated rings. The van der Waals surface area contributed by atoms with Crippen molar-refractivity contribution >= 4 is 23.6 Å². The van der Waals surface area contributed by atoms with E-state index in [1.54, 1.807) is 21.9 Å². The number of carboxylic acid groups (broad SMARTS) is 1. The van der Waals surface area contributed by atoms with Crippen LogP contribution >= 0.6 is 0 Å². The first-order valence-electron chi connectivity index (χ1n) is 6.62. The highest BCUT2D eigenvalue weighted by molar-refractivity contribution is 5.91. The molecule has 0 aliphatic carbocycles. The van der Waals surface area contributed by atoms with Gasteiger partial charge in [0.25, 0.3) is 0 Å². The molecule has 0 radical (unpaired) electrons. The fourth-order valence-electron chi connectivity index (χ4n) is 2.12. The summed E-state index contributed by atoms with van der Waals surface area (Å²) in [5, 5.41) is 11.5. The van der Waals surface area contributed by atoms with E-state index in [4.69, 9.17) is 5.11 Å². The monoisotopic (exact) mass is 291 g/mol. The first kappa shape index (κ1) is 14.8. The average Bonchev–Trinajstić information content (AvgIpc) is 2.47. The zero-order valence-corrected chi connectivity index (χ0v) is 11.7. The van der Waals surface area contributed by atoms with Crippen molar-refractivity contribution in [2.24, 2.45) is 0 Å². The van der Waals surface area contributed by atoms with Crippen LogP contribution in [-0.4, -0.2) is 59.0 Å². The van der Waals surface area contributed by atoms with Crippen molar-refractivity contribution in [2.75, 3.05) is 31.5 Å². The van der Waals surface area contributed by atoms with Crippen LogP contribution in [0.1, 0.15) is 17.3 Å². The van der Waals surface area contributed by atoms with Gasteiger partial charge in [-0.15, -0.1) is 0 Å². The SMILES string of the molecule is CC(=O)N1CCN(C(=O)Nc2ccc(C(=O)O)cc2)CC1. The van der Waals surface area contributed by atoms with Crippen molar-refractivity contribution in [1.29, 1.82) is 0 Å². The van der Waals surface area contributed by atoms with Gasteiger partial charge in [-0.2, -0.15) is 0 Å². The van der Waals surface area contributed by atoms with Crippen molar-refractivity contribution in [1.82, 2.24) is 9.80 Å². The minimum absolute atomic E-state index is 0.0133. The lowest BCUT2D eigenvalue weighted by atomic mass is 10.2. The summed E-state index contributed by atoms with van der Waals surface area (Å²) in [6, 6.07) is 5.72. The molecular weight excluding hydrogens is 274 g/mol. The van der Waals surface area contributed by atoms with Gasteiger partial charge >= 0.3 is 12.0 Å². The molecular formula is C14H17N3O4. The van der Waals surface area contributed by atoms with E-state index < -0.39 is 5.97 Å².